The number of hydrogen-bond acceptors (Lipinski definition) is 6. The minimum Gasteiger partial charge on any atom is -0.497 e. The van der Waals surface area contributed by atoms with Crippen molar-refractivity contribution in [3.63, 3.8) is 0 Å². The number of anilines is 1. The number of rotatable bonds is 5. The Hall–Kier alpha value is -3.03. The van der Waals surface area contributed by atoms with E-state index in [0.717, 1.165) is 44.7 Å². The van der Waals surface area contributed by atoms with E-state index in [9.17, 15) is 4.39 Å². The molecule has 0 saturated carbocycles. The highest BCUT2D eigenvalue weighted by Gasteiger charge is 2.32. The maximum Gasteiger partial charge on any atom is 0.207 e. The van der Waals surface area contributed by atoms with Crippen LogP contribution in [0.25, 0.3) is 11.3 Å². The summed E-state index contributed by atoms with van der Waals surface area (Å²) in [4.78, 5) is 6.00. The summed E-state index contributed by atoms with van der Waals surface area (Å²) in [5.74, 6) is 0.578. The molecule has 1 aliphatic rings. The Morgan fingerprint density at radius 2 is 1.83 bits per heavy atom. The number of aromatic nitrogens is 1. The molecule has 2 aromatic carbocycles. The van der Waals surface area contributed by atoms with E-state index in [1.54, 1.807) is 29.8 Å². The van der Waals surface area contributed by atoms with Crippen molar-refractivity contribution in [3.8, 4) is 17.0 Å². The highest BCUT2D eigenvalue weighted by atomic mass is 32.1. The Balaban J connectivity index is 1.50. The summed E-state index contributed by atoms with van der Waals surface area (Å²) < 4.78 is 18.7. The van der Waals surface area contributed by atoms with Gasteiger partial charge < -0.3 is 4.74 Å². The zero-order valence-corrected chi connectivity index (χ0v) is 17.8. The van der Waals surface area contributed by atoms with Crippen molar-refractivity contribution in [3.05, 3.63) is 87.7 Å². The van der Waals surface area contributed by atoms with Crippen molar-refractivity contribution in [2.24, 2.45) is 5.10 Å². The van der Waals surface area contributed by atoms with Gasteiger partial charge in [0.1, 0.15) is 11.6 Å². The van der Waals surface area contributed by atoms with Crippen molar-refractivity contribution in [1.82, 2.24) is 4.98 Å². The average molecular weight is 436 g/mol. The van der Waals surface area contributed by atoms with Crippen LogP contribution in [0.5, 0.6) is 5.75 Å². The SMILES string of the molecule is COc1ccc(-c2csc(N3N=C(c4cccs4)CC3c3ccc(F)cc3)n2)cc1. The number of ether oxygens (including phenoxy) is 1. The first-order valence-electron chi connectivity index (χ1n) is 9.47. The third kappa shape index (κ3) is 3.62. The predicted octanol–water partition coefficient (Wildman–Crippen LogP) is 6.38. The molecule has 4 aromatic rings. The van der Waals surface area contributed by atoms with Crippen LogP contribution in [0, 0.1) is 5.82 Å². The molecule has 1 unspecified atom stereocenters. The monoisotopic (exact) mass is 435 g/mol. The Morgan fingerprint density at radius 3 is 2.53 bits per heavy atom. The van der Waals surface area contributed by atoms with E-state index in [1.165, 1.54) is 12.1 Å². The van der Waals surface area contributed by atoms with Gasteiger partial charge in [0.2, 0.25) is 5.13 Å². The summed E-state index contributed by atoms with van der Waals surface area (Å²) in [6, 6.07) is 18.6. The first-order chi connectivity index (χ1) is 14.7. The van der Waals surface area contributed by atoms with E-state index in [0.29, 0.717) is 0 Å². The van der Waals surface area contributed by atoms with Crippen LogP contribution in [0.3, 0.4) is 0 Å². The first kappa shape index (κ1) is 19.0. The van der Waals surface area contributed by atoms with E-state index in [1.807, 2.05) is 52.9 Å². The highest BCUT2D eigenvalue weighted by molar-refractivity contribution is 7.14. The van der Waals surface area contributed by atoms with Crippen molar-refractivity contribution >= 4 is 33.5 Å². The van der Waals surface area contributed by atoms with Gasteiger partial charge in [0, 0.05) is 17.4 Å². The summed E-state index contributed by atoms with van der Waals surface area (Å²) in [5, 5.41) is 11.8. The van der Waals surface area contributed by atoms with Crippen molar-refractivity contribution in [2.75, 3.05) is 12.1 Å². The second-order valence-corrected chi connectivity index (χ2v) is 8.67. The average Bonchev–Trinajstić information content (AvgIpc) is 3.54. The minimum atomic E-state index is -0.237. The Bertz CT molecular complexity index is 1170. The van der Waals surface area contributed by atoms with E-state index in [-0.39, 0.29) is 11.9 Å². The summed E-state index contributed by atoms with van der Waals surface area (Å²) in [6.07, 6.45) is 0.754. The topological polar surface area (TPSA) is 37.7 Å². The van der Waals surface area contributed by atoms with Crippen LogP contribution in [0.1, 0.15) is 22.9 Å². The van der Waals surface area contributed by atoms with E-state index >= 15 is 0 Å². The third-order valence-corrected chi connectivity index (χ3v) is 6.79. The molecule has 0 saturated heterocycles. The Kier molecular flexibility index (Phi) is 5.06. The van der Waals surface area contributed by atoms with Gasteiger partial charge in [0.15, 0.2) is 0 Å². The van der Waals surface area contributed by atoms with Gasteiger partial charge in [-0.1, -0.05) is 18.2 Å². The number of nitrogens with zero attached hydrogens (tertiary/aromatic N) is 3. The van der Waals surface area contributed by atoms with Gasteiger partial charge >= 0.3 is 0 Å². The standard InChI is InChI=1S/C23H18FN3OS2/c1-28-18-10-6-15(7-11-18)20-14-30-23(25-20)27-21(16-4-8-17(24)9-5-16)13-19(26-27)22-3-2-12-29-22/h2-12,14,21H,13H2,1H3. The van der Waals surface area contributed by atoms with E-state index < -0.39 is 0 Å². The first-order valence-corrected chi connectivity index (χ1v) is 11.2. The lowest BCUT2D eigenvalue weighted by Gasteiger charge is -2.21. The number of thiophene rings is 1. The molecular weight excluding hydrogens is 417 g/mol. The fourth-order valence-electron chi connectivity index (χ4n) is 3.49. The summed E-state index contributed by atoms with van der Waals surface area (Å²) in [5.41, 5.74) is 3.97. The molecule has 1 atom stereocenters. The van der Waals surface area contributed by atoms with Crippen LogP contribution >= 0.6 is 22.7 Å². The van der Waals surface area contributed by atoms with Gasteiger partial charge in [-0.25, -0.2) is 14.4 Å². The summed E-state index contributed by atoms with van der Waals surface area (Å²) in [7, 11) is 1.65. The largest absolute Gasteiger partial charge is 0.497 e. The quantitative estimate of drug-likeness (QED) is 0.365. The van der Waals surface area contributed by atoms with Gasteiger partial charge in [-0.15, -0.1) is 22.7 Å². The number of methoxy groups -OCH3 is 1. The molecule has 4 nitrogen and oxygen atoms in total. The molecular formula is C23H18FN3OS2. The van der Waals surface area contributed by atoms with Crippen molar-refractivity contribution < 1.29 is 9.13 Å². The van der Waals surface area contributed by atoms with Crippen LogP contribution in [-0.2, 0) is 0 Å². The normalized spacial score (nSPS) is 16.0. The number of thiazole rings is 1. The van der Waals surface area contributed by atoms with Gasteiger partial charge in [0.05, 0.1) is 29.4 Å². The van der Waals surface area contributed by atoms with E-state index in [4.69, 9.17) is 14.8 Å². The Morgan fingerprint density at radius 1 is 1.03 bits per heavy atom. The zero-order valence-electron chi connectivity index (χ0n) is 16.2. The van der Waals surface area contributed by atoms with Crippen molar-refractivity contribution in [2.45, 2.75) is 12.5 Å². The molecule has 7 heteroatoms. The highest BCUT2D eigenvalue weighted by Crippen LogP contribution is 2.40. The van der Waals surface area contributed by atoms with Gasteiger partial charge in [-0.2, -0.15) is 5.10 Å². The van der Waals surface area contributed by atoms with Gasteiger partial charge in [-0.05, 0) is 53.4 Å². The van der Waals surface area contributed by atoms with Gasteiger partial charge in [0.25, 0.3) is 0 Å². The molecule has 150 valence electrons. The lowest BCUT2D eigenvalue weighted by atomic mass is 10.0. The smallest absolute Gasteiger partial charge is 0.207 e. The van der Waals surface area contributed by atoms with E-state index in [2.05, 4.69) is 11.4 Å². The van der Waals surface area contributed by atoms with Crippen LogP contribution in [0.15, 0.2) is 76.5 Å². The second kappa shape index (κ2) is 8.01. The second-order valence-electron chi connectivity index (χ2n) is 6.88. The van der Waals surface area contributed by atoms with Crippen LogP contribution < -0.4 is 9.75 Å². The van der Waals surface area contributed by atoms with Crippen LogP contribution in [0.2, 0.25) is 0 Å². The van der Waals surface area contributed by atoms with Crippen LogP contribution in [-0.4, -0.2) is 17.8 Å². The Labute approximate surface area is 181 Å². The molecule has 0 amide bonds. The molecule has 0 spiro atoms. The third-order valence-electron chi connectivity index (χ3n) is 5.04. The van der Waals surface area contributed by atoms with Gasteiger partial charge in [-0.3, -0.25) is 0 Å². The molecule has 0 fully saturated rings. The molecule has 0 radical (unpaired) electrons. The lowest BCUT2D eigenvalue weighted by molar-refractivity contribution is 0.415. The number of benzene rings is 2. The molecule has 3 heterocycles. The van der Waals surface area contributed by atoms with Crippen LogP contribution in [0.4, 0.5) is 9.52 Å². The number of hydrazone groups is 1. The lowest BCUT2D eigenvalue weighted by Crippen LogP contribution is -2.18. The fourth-order valence-corrected chi connectivity index (χ4v) is 5.04. The minimum absolute atomic E-state index is 0.0161. The molecule has 30 heavy (non-hydrogen) atoms. The van der Waals surface area contributed by atoms with Crippen molar-refractivity contribution in [1.29, 1.82) is 0 Å². The summed E-state index contributed by atoms with van der Waals surface area (Å²) in [6.45, 7) is 0. The predicted molar refractivity (Wildman–Crippen MR) is 121 cm³/mol. The molecule has 1 aliphatic heterocycles. The molecule has 5 rings (SSSR count). The maximum absolute atomic E-state index is 13.5. The number of hydrogen-bond donors (Lipinski definition) is 0. The molecule has 0 bridgehead atoms. The summed E-state index contributed by atoms with van der Waals surface area (Å²) >= 11 is 3.23. The fraction of sp³-hybridized carbons (Fsp3) is 0.130. The zero-order chi connectivity index (χ0) is 20.5. The molecule has 2 aromatic heterocycles. The molecule has 0 aliphatic carbocycles. The maximum atomic E-state index is 13.5. The number of halogens is 1. The molecule has 0 N–H and O–H groups in total.